The minimum atomic E-state index is -1.07. The van der Waals surface area contributed by atoms with E-state index >= 15 is 0 Å². The summed E-state index contributed by atoms with van der Waals surface area (Å²) in [6.07, 6.45) is 1.63. The molecule has 0 fully saturated rings. The zero-order valence-electron chi connectivity index (χ0n) is 10.7. The van der Waals surface area contributed by atoms with E-state index in [1.165, 1.54) is 11.3 Å². The molecule has 2 aromatic rings. The molecule has 0 bridgehead atoms. The number of rotatable bonds is 4. The molecule has 6 nitrogen and oxygen atoms in total. The van der Waals surface area contributed by atoms with Crippen molar-refractivity contribution in [2.75, 3.05) is 5.73 Å². The first-order valence-electron chi connectivity index (χ1n) is 5.71. The number of nitrogens with two attached hydrogens (primary N) is 1. The van der Waals surface area contributed by atoms with E-state index < -0.39 is 5.97 Å². The van der Waals surface area contributed by atoms with Crippen LogP contribution in [0, 0.1) is 13.8 Å². The number of hydrogen-bond donors (Lipinski definition) is 1. The van der Waals surface area contributed by atoms with Gasteiger partial charge in [-0.2, -0.15) is 4.57 Å². The summed E-state index contributed by atoms with van der Waals surface area (Å²) in [5, 5.41) is 10.6. The number of aromatic nitrogens is 3. The molecule has 0 aliphatic heterocycles. The van der Waals surface area contributed by atoms with Gasteiger partial charge in [0.15, 0.2) is 12.2 Å². The van der Waals surface area contributed by atoms with Gasteiger partial charge in [-0.3, -0.25) is 0 Å². The van der Waals surface area contributed by atoms with Crippen LogP contribution in [-0.2, 0) is 17.8 Å². The minimum absolute atomic E-state index is 0.0661. The van der Waals surface area contributed by atoms with E-state index in [9.17, 15) is 9.90 Å². The van der Waals surface area contributed by atoms with Crippen LogP contribution in [0.15, 0.2) is 11.7 Å². The molecule has 2 heterocycles. The number of carbonyl (C=O) groups is 1. The Bertz CT molecular complexity index is 624. The molecule has 0 saturated carbocycles. The van der Waals surface area contributed by atoms with Gasteiger partial charge in [0.05, 0.1) is 10.4 Å². The SMILES string of the molecule is Cc1ncc(C[n+]2csc(CC(=O)[O-])c2C)c(N)n1. The maximum Gasteiger partial charge on any atom is 0.225 e. The normalized spacial score (nSPS) is 10.6. The van der Waals surface area contributed by atoms with Crippen molar-refractivity contribution in [1.82, 2.24) is 9.97 Å². The second-order valence-electron chi connectivity index (χ2n) is 4.24. The van der Waals surface area contributed by atoms with Crippen molar-refractivity contribution in [1.29, 1.82) is 0 Å². The molecule has 0 spiro atoms. The number of carboxylic acid groups (broad SMARTS) is 1. The molecule has 0 saturated heterocycles. The number of nitrogen functional groups attached to an aromatic ring is 1. The number of carbonyl (C=O) groups excluding carboxylic acids is 1. The summed E-state index contributed by atoms with van der Waals surface area (Å²) in [6.45, 7) is 4.18. The van der Waals surface area contributed by atoms with Gasteiger partial charge in [0.2, 0.25) is 5.51 Å². The lowest BCUT2D eigenvalue weighted by molar-refractivity contribution is -0.689. The molecule has 0 aliphatic rings. The predicted molar refractivity (Wildman–Crippen MR) is 68.2 cm³/mol. The van der Waals surface area contributed by atoms with Gasteiger partial charge in [0.25, 0.3) is 0 Å². The Hall–Kier alpha value is -2.02. The second kappa shape index (κ2) is 5.31. The molecule has 2 N–H and O–H groups in total. The summed E-state index contributed by atoms with van der Waals surface area (Å²) in [6, 6.07) is 0. The van der Waals surface area contributed by atoms with Crippen LogP contribution in [0.2, 0.25) is 0 Å². The predicted octanol–water partition coefficient (Wildman–Crippen LogP) is -0.635. The Labute approximate surface area is 114 Å². The Kier molecular flexibility index (Phi) is 3.75. The van der Waals surface area contributed by atoms with Crippen LogP contribution in [0.5, 0.6) is 0 Å². The molecule has 0 amide bonds. The van der Waals surface area contributed by atoms with Gasteiger partial charge < -0.3 is 15.6 Å². The zero-order valence-corrected chi connectivity index (χ0v) is 11.5. The highest BCUT2D eigenvalue weighted by Crippen LogP contribution is 2.13. The highest BCUT2D eigenvalue weighted by molar-refractivity contribution is 7.09. The summed E-state index contributed by atoms with van der Waals surface area (Å²) < 4.78 is 1.94. The quantitative estimate of drug-likeness (QED) is 0.751. The van der Waals surface area contributed by atoms with Crippen LogP contribution in [0.3, 0.4) is 0 Å². The first kappa shape index (κ1) is 13.4. The third-order valence-electron chi connectivity index (χ3n) is 2.82. The van der Waals surface area contributed by atoms with Crippen LogP contribution in [0.1, 0.15) is 22.0 Å². The Balaban J connectivity index is 2.24. The van der Waals surface area contributed by atoms with E-state index in [0.717, 1.165) is 16.1 Å². The maximum atomic E-state index is 10.6. The third-order valence-corrected chi connectivity index (χ3v) is 3.90. The fourth-order valence-corrected chi connectivity index (χ4v) is 2.70. The summed E-state index contributed by atoms with van der Waals surface area (Å²) in [5.41, 5.74) is 9.42. The summed E-state index contributed by atoms with van der Waals surface area (Å²) >= 11 is 1.39. The fourth-order valence-electron chi connectivity index (χ4n) is 1.73. The van der Waals surface area contributed by atoms with E-state index in [1.807, 2.05) is 17.0 Å². The van der Waals surface area contributed by atoms with Crippen molar-refractivity contribution < 1.29 is 14.5 Å². The molecule has 0 atom stereocenters. The first-order valence-corrected chi connectivity index (χ1v) is 6.59. The summed E-state index contributed by atoms with van der Waals surface area (Å²) in [5.74, 6) is 0.00765. The largest absolute Gasteiger partial charge is 0.550 e. The zero-order chi connectivity index (χ0) is 14.0. The van der Waals surface area contributed by atoms with Crippen molar-refractivity contribution in [2.45, 2.75) is 26.8 Å². The fraction of sp³-hybridized carbons (Fsp3) is 0.333. The van der Waals surface area contributed by atoms with Gasteiger partial charge in [-0.05, 0) is 6.92 Å². The van der Waals surface area contributed by atoms with Crippen molar-refractivity contribution >= 4 is 23.1 Å². The van der Waals surface area contributed by atoms with Crippen molar-refractivity contribution in [3.8, 4) is 0 Å². The molecular weight excluding hydrogens is 264 g/mol. The first-order chi connectivity index (χ1) is 8.97. The van der Waals surface area contributed by atoms with E-state index in [4.69, 9.17) is 5.73 Å². The molecule has 2 rings (SSSR count). The van der Waals surface area contributed by atoms with Crippen molar-refractivity contribution in [3.63, 3.8) is 0 Å². The van der Waals surface area contributed by atoms with Gasteiger partial charge in [0.1, 0.15) is 11.6 Å². The maximum absolute atomic E-state index is 10.6. The lowest BCUT2D eigenvalue weighted by Crippen LogP contribution is -2.36. The number of thiazole rings is 1. The molecule has 7 heteroatoms. The molecule has 0 aliphatic carbocycles. The van der Waals surface area contributed by atoms with E-state index in [2.05, 4.69) is 9.97 Å². The van der Waals surface area contributed by atoms with Crippen LogP contribution in [0.4, 0.5) is 5.82 Å². The highest BCUT2D eigenvalue weighted by Gasteiger charge is 2.17. The number of anilines is 1. The van der Waals surface area contributed by atoms with Gasteiger partial charge in [-0.15, -0.1) is 0 Å². The highest BCUT2D eigenvalue weighted by atomic mass is 32.1. The third kappa shape index (κ3) is 3.05. The molecular formula is C12H14N4O2S. The molecule has 0 unspecified atom stereocenters. The number of hydrogen-bond acceptors (Lipinski definition) is 6. The second-order valence-corrected chi connectivity index (χ2v) is 5.18. The van der Waals surface area contributed by atoms with Crippen molar-refractivity contribution in [2.24, 2.45) is 0 Å². The topological polar surface area (TPSA) is 95.8 Å². The van der Waals surface area contributed by atoms with E-state index in [-0.39, 0.29) is 6.42 Å². The number of aryl methyl sites for hydroxylation is 1. The average molecular weight is 278 g/mol. The smallest absolute Gasteiger partial charge is 0.225 e. The minimum Gasteiger partial charge on any atom is -0.550 e. The Morgan fingerprint density at radius 1 is 1.53 bits per heavy atom. The molecule has 0 aromatic carbocycles. The monoisotopic (exact) mass is 278 g/mol. The Morgan fingerprint density at radius 2 is 2.26 bits per heavy atom. The van der Waals surface area contributed by atoms with Crippen LogP contribution in [-0.4, -0.2) is 15.9 Å². The lowest BCUT2D eigenvalue weighted by atomic mass is 10.2. The van der Waals surface area contributed by atoms with Gasteiger partial charge in [0, 0.05) is 25.5 Å². The van der Waals surface area contributed by atoms with Crippen LogP contribution >= 0.6 is 11.3 Å². The van der Waals surface area contributed by atoms with Gasteiger partial charge in [-0.25, -0.2) is 9.97 Å². The number of aliphatic carboxylic acids is 1. The average Bonchev–Trinajstić information content (AvgIpc) is 2.64. The van der Waals surface area contributed by atoms with E-state index in [1.54, 1.807) is 13.1 Å². The standard InChI is InChI=1S/C12H14N4O2S/c1-7-10(3-11(17)18)19-6-16(7)5-9-4-14-8(2)15-12(9)13/h4,6H,3,5H2,1-2H3,(H2-,13,14,15,17,18). The van der Waals surface area contributed by atoms with Crippen LogP contribution in [0.25, 0.3) is 0 Å². The molecule has 0 radical (unpaired) electrons. The van der Waals surface area contributed by atoms with E-state index in [0.29, 0.717) is 18.2 Å². The number of nitrogens with zero attached hydrogens (tertiary/aromatic N) is 3. The van der Waals surface area contributed by atoms with Crippen LogP contribution < -0.4 is 15.4 Å². The number of carboxylic acids is 1. The van der Waals surface area contributed by atoms with Gasteiger partial charge >= 0.3 is 0 Å². The van der Waals surface area contributed by atoms with Crippen molar-refractivity contribution in [3.05, 3.63) is 33.7 Å². The Morgan fingerprint density at radius 3 is 2.89 bits per heavy atom. The molecule has 100 valence electrons. The molecule has 19 heavy (non-hydrogen) atoms. The summed E-state index contributed by atoms with van der Waals surface area (Å²) in [4.78, 5) is 19.6. The summed E-state index contributed by atoms with van der Waals surface area (Å²) in [7, 11) is 0. The van der Waals surface area contributed by atoms with Gasteiger partial charge in [-0.1, -0.05) is 11.3 Å². The molecule has 2 aromatic heterocycles. The lowest BCUT2D eigenvalue weighted by Gasteiger charge is -2.02.